The molecule has 0 saturated heterocycles. The van der Waals surface area contributed by atoms with Gasteiger partial charge in [-0.15, -0.1) is 0 Å². The van der Waals surface area contributed by atoms with Crippen molar-refractivity contribution >= 4 is 5.91 Å². The molecule has 0 aliphatic heterocycles. The van der Waals surface area contributed by atoms with E-state index in [1.165, 1.54) is 4.68 Å². The summed E-state index contributed by atoms with van der Waals surface area (Å²) < 4.78 is 1.53. The largest absolute Gasteiger partial charge is 0.394 e. The molecule has 0 saturated carbocycles. The zero-order chi connectivity index (χ0) is 13.8. The fourth-order valence-electron chi connectivity index (χ4n) is 1.98. The molecule has 0 fully saturated rings. The van der Waals surface area contributed by atoms with E-state index in [0.717, 1.165) is 11.3 Å². The molecule has 19 heavy (non-hydrogen) atoms. The van der Waals surface area contributed by atoms with Gasteiger partial charge >= 0.3 is 0 Å². The third kappa shape index (κ3) is 3.00. The Kier molecular flexibility index (Phi) is 3.97. The van der Waals surface area contributed by atoms with Crippen molar-refractivity contribution in [2.75, 3.05) is 6.61 Å². The number of aryl methyl sites for hydroxylation is 2. The first-order chi connectivity index (χ1) is 9.11. The van der Waals surface area contributed by atoms with Crippen molar-refractivity contribution in [3.8, 4) is 0 Å². The Labute approximate surface area is 111 Å². The Hall–Kier alpha value is -2.14. The minimum absolute atomic E-state index is 0.146. The summed E-state index contributed by atoms with van der Waals surface area (Å²) >= 11 is 0. The highest BCUT2D eigenvalue weighted by atomic mass is 16.3. The molecule has 0 radical (unpaired) electrons. The summed E-state index contributed by atoms with van der Waals surface area (Å²) in [4.78, 5) is 12.1. The maximum atomic E-state index is 12.1. The second-order valence-corrected chi connectivity index (χ2v) is 4.41. The fourth-order valence-corrected chi connectivity index (χ4v) is 1.98. The predicted octanol–water partition coefficient (Wildman–Crippen LogP) is 1.19. The molecule has 2 rings (SSSR count). The number of rotatable bonds is 4. The van der Waals surface area contributed by atoms with Gasteiger partial charge < -0.3 is 10.4 Å². The lowest BCUT2D eigenvalue weighted by Gasteiger charge is -2.16. The second kappa shape index (κ2) is 5.67. The second-order valence-electron chi connectivity index (χ2n) is 4.41. The minimum Gasteiger partial charge on any atom is -0.394 e. The summed E-state index contributed by atoms with van der Waals surface area (Å²) in [5, 5.41) is 16.3. The lowest BCUT2D eigenvalue weighted by atomic mass is 10.1. The van der Waals surface area contributed by atoms with E-state index in [1.807, 2.05) is 37.3 Å². The minimum atomic E-state index is -0.413. The highest BCUT2D eigenvalue weighted by molar-refractivity contribution is 5.92. The van der Waals surface area contributed by atoms with Crippen LogP contribution in [0.2, 0.25) is 0 Å². The van der Waals surface area contributed by atoms with E-state index >= 15 is 0 Å². The van der Waals surface area contributed by atoms with Crippen LogP contribution >= 0.6 is 0 Å². The molecular formula is C14H17N3O2. The summed E-state index contributed by atoms with van der Waals surface area (Å²) in [5.41, 5.74) is 2.14. The average molecular weight is 259 g/mol. The molecule has 1 aromatic carbocycles. The van der Waals surface area contributed by atoms with E-state index in [2.05, 4.69) is 10.4 Å². The SMILES string of the molecule is Cc1cc(C(=O)NC(CO)c2ccccc2)n(C)n1. The summed E-state index contributed by atoms with van der Waals surface area (Å²) in [6.07, 6.45) is 0. The van der Waals surface area contributed by atoms with E-state index in [4.69, 9.17) is 0 Å². The van der Waals surface area contributed by atoms with Gasteiger partial charge in [-0.1, -0.05) is 30.3 Å². The van der Waals surface area contributed by atoms with E-state index in [-0.39, 0.29) is 12.5 Å². The fraction of sp³-hybridized carbons (Fsp3) is 0.286. The summed E-state index contributed by atoms with van der Waals surface area (Å²) in [5.74, 6) is -0.244. The number of carbonyl (C=O) groups excluding carboxylic acids is 1. The molecule has 0 aliphatic rings. The van der Waals surface area contributed by atoms with Gasteiger partial charge in [0, 0.05) is 7.05 Å². The van der Waals surface area contributed by atoms with Crippen LogP contribution in [0.15, 0.2) is 36.4 Å². The molecule has 100 valence electrons. The van der Waals surface area contributed by atoms with Gasteiger partial charge in [0.05, 0.1) is 18.3 Å². The van der Waals surface area contributed by atoms with Crippen LogP contribution < -0.4 is 5.32 Å². The van der Waals surface area contributed by atoms with E-state index in [1.54, 1.807) is 13.1 Å². The highest BCUT2D eigenvalue weighted by Gasteiger charge is 2.17. The summed E-state index contributed by atoms with van der Waals surface area (Å²) in [6.45, 7) is 1.68. The number of benzene rings is 1. The third-order valence-corrected chi connectivity index (χ3v) is 2.92. The molecule has 1 aromatic heterocycles. The molecule has 1 unspecified atom stereocenters. The molecule has 2 N–H and O–H groups in total. The van der Waals surface area contributed by atoms with Crippen LogP contribution in [0.5, 0.6) is 0 Å². The van der Waals surface area contributed by atoms with Crippen LogP contribution in [0, 0.1) is 6.92 Å². The highest BCUT2D eigenvalue weighted by Crippen LogP contribution is 2.13. The summed E-state index contributed by atoms with van der Waals surface area (Å²) in [7, 11) is 1.72. The zero-order valence-electron chi connectivity index (χ0n) is 11.0. The molecule has 2 aromatic rings. The topological polar surface area (TPSA) is 67.2 Å². The molecule has 0 spiro atoms. The smallest absolute Gasteiger partial charge is 0.270 e. The van der Waals surface area contributed by atoms with Gasteiger partial charge in [0.25, 0.3) is 5.91 Å². The number of aromatic nitrogens is 2. The number of carbonyl (C=O) groups is 1. The number of nitrogens with zero attached hydrogens (tertiary/aromatic N) is 2. The van der Waals surface area contributed by atoms with Crippen LogP contribution in [0.25, 0.3) is 0 Å². The third-order valence-electron chi connectivity index (χ3n) is 2.92. The van der Waals surface area contributed by atoms with Crippen molar-refractivity contribution in [1.82, 2.24) is 15.1 Å². The molecule has 5 heteroatoms. The van der Waals surface area contributed by atoms with E-state index in [0.29, 0.717) is 5.69 Å². The van der Waals surface area contributed by atoms with Crippen molar-refractivity contribution in [3.63, 3.8) is 0 Å². The first-order valence-corrected chi connectivity index (χ1v) is 6.09. The number of hydrogen-bond donors (Lipinski definition) is 2. The first kappa shape index (κ1) is 13.3. The average Bonchev–Trinajstić information content (AvgIpc) is 2.76. The predicted molar refractivity (Wildman–Crippen MR) is 71.7 cm³/mol. The van der Waals surface area contributed by atoms with Crippen molar-refractivity contribution in [1.29, 1.82) is 0 Å². The molecule has 1 heterocycles. The maximum Gasteiger partial charge on any atom is 0.270 e. The number of aliphatic hydroxyl groups is 1. The monoisotopic (exact) mass is 259 g/mol. The Morgan fingerprint density at radius 2 is 2.11 bits per heavy atom. The van der Waals surface area contributed by atoms with Crippen LogP contribution in [-0.2, 0) is 7.05 Å². The standard InChI is InChI=1S/C14H17N3O2/c1-10-8-13(17(2)16-10)14(19)15-12(9-18)11-6-4-3-5-7-11/h3-8,12,18H,9H2,1-2H3,(H,15,19). The first-order valence-electron chi connectivity index (χ1n) is 6.09. The van der Waals surface area contributed by atoms with Crippen LogP contribution in [0.3, 0.4) is 0 Å². The van der Waals surface area contributed by atoms with Gasteiger partial charge in [0.2, 0.25) is 0 Å². The quantitative estimate of drug-likeness (QED) is 0.866. The number of hydrogen-bond acceptors (Lipinski definition) is 3. The van der Waals surface area contributed by atoms with Crippen molar-refractivity contribution in [2.24, 2.45) is 7.05 Å². The van der Waals surface area contributed by atoms with Crippen LogP contribution in [-0.4, -0.2) is 27.4 Å². The van der Waals surface area contributed by atoms with Crippen molar-refractivity contribution < 1.29 is 9.90 Å². The van der Waals surface area contributed by atoms with Gasteiger partial charge in [0.15, 0.2) is 0 Å². The maximum absolute atomic E-state index is 12.1. The van der Waals surface area contributed by atoms with Gasteiger partial charge in [0.1, 0.15) is 5.69 Å². The molecule has 1 amide bonds. The lowest BCUT2D eigenvalue weighted by molar-refractivity contribution is 0.0906. The van der Waals surface area contributed by atoms with Crippen molar-refractivity contribution in [2.45, 2.75) is 13.0 Å². The van der Waals surface area contributed by atoms with Gasteiger partial charge in [-0.2, -0.15) is 5.10 Å². The Morgan fingerprint density at radius 3 is 2.63 bits per heavy atom. The molecule has 0 bridgehead atoms. The molecule has 0 aliphatic carbocycles. The summed E-state index contributed by atoms with van der Waals surface area (Å²) in [6, 6.07) is 10.7. The Balaban J connectivity index is 2.15. The van der Waals surface area contributed by atoms with E-state index < -0.39 is 6.04 Å². The van der Waals surface area contributed by atoms with Crippen LogP contribution in [0.4, 0.5) is 0 Å². The number of nitrogens with one attached hydrogen (secondary N) is 1. The molecule has 5 nitrogen and oxygen atoms in total. The van der Waals surface area contributed by atoms with Crippen LogP contribution in [0.1, 0.15) is 27.8 Å². The zero-order valence-corrected chi connectivity index (χ0v) is 11.0. The number of aliphatic hydroxyl groups excluding tert-OH is 1. The lowest BCUT2D eigenvalue weighted by Crippen LogP contribution is -2.32. The van der Waals surface area contributed by atoms with Gasteiger partial charge in [-0.05, 0) is 18.6 Å². The Morgan fingerprint density at radius 1 is 1.42 bits per heavy atom. The molecule has 1 atom stereocenters. The normalized spacial score (nSPS) is 12.2. The van der Waals surface area contributed by atoms with Gasteiger partial charge in [-0.3, -0.25) is 9.48 Å². The Bertz CT molecular complexity index is 563. The van der Waals surface area contributed by atoms with Crippen molar-refractivity contribution in [3.05, 3.63) is 53.3 Å². The van der Waals surface area contributed by atoms with E-state index in [9.17, 15) is 9.90 Å². The van der Waals surface area contributed by atoms with Gasteiger partial charge in [-0.25, -0.2) is 0 Å². The number of amides is 1. The molecular weight excluding hydrogens is 242 g/mol.